The fraction of sp³-hybridized carbons (Fsp3) is 0.556. The van der Waals surface area contributed by atoms with Crippen LogP contribution in [0.25, 0.3) is 0 Å². The van der Waals surface area contributed by atoms with Crippen molar-refractivity contribution in [3.05, 3.63) is 29.8 Å². The molecule has 12 heteroatoms. The number of alkyl halides is 6. The van der Waals surface area contributed by atoms with E-state index < -0.39 is 30.4 Å². The van der Waals surface area contributed by atoms with Crippen molar-refractivity contribution in [3.8, 4) is 0 Å². The van der Waals surface area contributed by atoms with Gasteiger partial charge in [0.1, 0.15) is 6.54 Å². The van der Waals surface area contributed by atoms with Gasteiger partial charge in [-0.2, -0.15) is 26.3 Å². The standard InChI is InChI=1S/C18H23F6N5O/c1-25-16(26-11-15(30)27(2)12-17(19,20)21)29-8-6-28(7-9-29)14-5-3-4-13(10-14)18(22,23)24/h3-5,10H,6-9,11-12H2,1-2H3,(H,25,26). The van der Waals surface area contributed by atoms with Crippen LogP contribution in [-0.2, 0) is 11.0 Å². The van der Waals surface area contributed by atoms with Crippen molar-refractivity contribution in [1.82, 2.24) is 15.1 Å². The molecule has 1 aliphatic rings. The average Bonchev–Trinajstić information content (AvgIpc) is 2.67. The molecule has 0 bridgehead atoms. The number of hydrogen-bond acceptors (Lipinski definition) is 3. The quantitative estimate of drug-likeness (QED) is 0.445. The molecular formula is C18H23F6N5O. The maximum absolute atomic E-state index is 12.9. The molecule has 0 aromatic heterocycles. The summed E-state index contributed by atoms with van der Waals surface area (Å²) < 4.78 is 75.8. The molecule has 0 unspecified atom stereocenters. The number of halogens is 6. The van der Waals surface area contributed by atoms with Crippen molar-refractivity contribution in [3.63, 3.8) is 0 Å². The van der Waals surface area contributed by atoms with Crippen molar-refractivity contribution in [2.75, 3.05) is 58.3 Å². The zero-order valence-electron chi connectivity index (χ0n) is 16.5. The van der Waals surface area contributed by atoms with E-state index in [4.69, 9.17) is 0 Å². The number of likely N-dealkylation sites (N-methyl/N-ethyl adjacent to an activating group) is 1. The van der Waals surface area contributed by atoms with Crippen LogP contribution in [0.3, 0.4) is 0 Å². The molecular weight excluding hydrogens is 416 g/mol. The van der Waals surface area contributed by atoms with E-state index in [2.05, 4.69) is 10.3 Å². The third kappa shape index (κ3) is 6.70. The second-order valence-electron chi connectivity index (χ2n) is 6.79. The van der Waals surface area contributed by atoms with Crippen LogP contribution in [0.4, 0.5) is 32.0 Å². The molecule has 1 aromatic rings. The van der Waals surface area contributed by atoms with Gasteiger partial charge in [0.25, 0.3) is 0 Å². The highest BCUT2D eigenvalue weighted by Gasteiger charge is 2.32. The summed E-state index contributed by atoms with van der Waals surface area (Å²) in [5.41, 5.74) is -0.266. The van der Waals surface area contributed by atoms with Crippen LogP contribution in [0.2, 0.25) is 0 Å². The van der Waals surface area contributed by atoms with Gasteiger partial charge in [0.15, 0.2) is 5.96 Å². The summed E-state index contributed by atoms with van der Waals surface area (Å²) in [4.78, 5) is 20.1. The Morgan fingerprint density at radius 2 is 1.77 bits per heavy atom. The lowest BCUT2D eigenvalue weighted by atomic mass is 10.1. The lowest BCUT2D eigenvalue weighted by Gasteiger charge is -2.38. The Bertz CT molecular complexity index is 756. The Labute approximate surface area is 170 Å². The van der Waals surface area contributed by atoms with Crippen LogP contribution < -0.4 is 10.2 Å². The topological polar surface area (TPSA) is 51.2 Å². The lowest BCUT2D eigenvalue weighted by Crippen LogP contribution is -2.54. The van der Waals surface area contributed by atoms with Crippen LogP contribution in [-0.4, -0.2) is 81.2 Å². The second kappa shape index (κ2) is 9.43. The van der Waals surface area contributed by atoms with E-state index in [1.54, 1.807) is 15.9 Å². The van der Waals surface area contributed by atoms with Gasteiger partial charge < -0.3 is 20.0 Å². The molecule has 1 N–H and O–H groups in total. The predicted molar refractivity (Wildman–Crippen MR) is 100 cm³/mol. The van der Waals surface area contributed by atoms with Crippen LogP contribution >= 0.6 is 0 Å². The van der Waals surface area contributed by atoms with Crippen molar-refractivity contribution in [2.45, 2.75) is 12.4 Å². The number of anilines is 1. The van der Waals surface area contributed by atoms with Crippen molar-refractivity contribution >= 4 is 17.6 Å². The molecule has 1 aromatic carbocycles. The predicted octanol–water partition coefficient (Wildman–Crippen LogP) is 2.42. The fourth-order valence-electron chi connectivity index (χ4n) is 3.03. The normalized spacial score (nSPS) is 15.9. The summed E-state index contributed by atoms with van der Waals surface area (Å²) >= 11 is 0. The minimum atomic E-state index is -4.48. The van der Waals surface area contributed by atoms with E-state index in [-0.39, 0.29) is 6.54 Å². The van der Waals surface area contributed by atoms with Gasteiger partial charge in [-0.1, -0.05) is 6.07 Å². The van der Waals surface area contributed by atoms with Gasteiger partial charge in [-0.25, -0.2) is 0 Å². The molecule has 0 saturated carbocycles. The summed E-state index contributed by atoms with van der Waals surface area (Å²) in [7, 11) is 2.54. The van der Waals surface area contributed by atoms with E-state index in [1.807, 2.05) is 0 Å². The van der Waals surface area contributed by atoms with Crippen LogP contribution in [0.1, 0.15) is 5.56 Å². The van der Waals surface area contributed by atoms with Crippen molar-refractivity contribution in [1.29, 1.82) is 0 Å². The van der Waals surface area contributed by atoms with E-state index >= 15 is 0 Å². The molecule has 0 radical (unpaired) electrons. The van der Waals surface area contributed by atoms with E-state index in [0.717, 1.165) is 19.2 Å². The van der Waals surface area contributed by atoms with Gasteiger partial charge >= 0.3 is 12.4 Å². The smallest absolute Gasteiger partial charge is 0.368 e. The number of benzene rings is 1. The lowest BCUT2D eigenvalue weighted by molar-refractivity contribution is -0.157. The summed E-state index contributed by atoms with van der Waals surface area (Å²) in [5, 5.41) is 2.74. The summed E-state index contributed by atoms with van der Waals surface area (Å²) in [5.74, 6) is -0.400. The molecule has 1 heterocycles. The second-order valence-corrected chi connectivity index (χ2v) is 6.79. The van der Waals surface area contributed by atoms with Gasteiger partial charge in [-0.15, -0.1) is 0 Å². The Balaban J connectivity index is 1.90. The molecule has 30 heavy (non-hydrogen) atoms. The van der Waals surface area contributed by atoms with E-state index in [0.29, 0.717) is 42.7 Å². The molecule has 0 atom stereocenters. The third-order valence-electron chi connectivity index (χ3n) is 4.57. The first-order valence-electron chi connectivity index (χ1n) is 9.09. The minimum absolute atomic E-state index is 0.340. The highest BCUT2D eigenvalue weighted by atomic mass is 19.4. The zero-order valence-corrected chi connectivity index (χ0v) is 16.5. The largest absolute Gasteiger partial charge is 0.416 e. The van der Waals surface area contributed by atoms with Crippen LogP contribution in [0, 0.1) is 0 Å². The Hall–Kier alpha value is -2.66. The first kappa shape index (κ1) is 23.6. The molecule has 1 amide bonds. The fourth-order valence-corrected chi connectivity index (χ4v) is 3.03. The molecule has 6 nitrogen and oxygen atoms in total. The summed E-state index contributed by atoms with van der Waals surface area (Å²) in [6.07, 6.45) is -8.90. The Kier molecular flexibility index (Phi) is 7.43. The number of hydrogen-bond donors (Lipinski definition) is 1. The number of rotatable bonds is 4. The molecule has 0 aliphatic carbocycles. The van der Waals surface area contributed by atoms with Crippen molar-refractivity contribution < 1.29 is 31.1 Å². The zero-order chi connectivity index (χ0) is 22.5. The summed E-state index contributed by atoms with van der Waals surface area (Å²) in [6, 6.07) is 5.07. The first-order chi connectivity index (χ1) is 13.9. The molecule has 1 fully saturated rings. The Morgan fingerprint density at radius 1 is 1.13 bits per heavy atom. The SMILES string of the molecule is CN=C(NCC(=O)N(C)CC(F)(F)F)N1CCN(c2cccc(C(F)(F)F)c2)CC1. The van der Waals surface area contributed by atoms with Gasteiger partial charge in [-0.3, -0.25) is 9.79 Å². The molecule has 168 valence electrons. The first-order valence-corrected chi connectivity index (χ1v) is 9.09. The van der Waals surface area contributed by atoms with Crippen molar-refractivity contribution in [2.24, 2.45) is 4.99 Å². The van der Waals surface area contributed by atoms with Gasteiger partial charge in [0, 0.05) is 46.0 Å². The number of nitrogens with zero attached hydrogens (tertiary/aromatic N) is 4. The molecule has 1 aliphatic heterocycles. The van der Waals surface area contributed by atoms with E-state index in [1.165, 1.54) is 13.1 Å². The van der Waals surface area contributed by atoms with Crippen LogP contribution in [0.15, 0.2) is 29.3 Å². The summed E-state index contributed by atoms with van der Waals surface area (Å²) in [6.45, 7) is -0.0201. The molecule has 1 saturated heterocycles. The van der Waals surface area contributed by atoms with Gasteiger partial charge in [0.2, 0.25) is 5.91 Å². The minimum Gasteiger partial charge on any atom is -0.368 e. The molecule has 0 spiro atoms. The number of amides is 1. The number of aliphatic imine (C=N–C) groups is 1. The monoisotopic (exact) mass is 439 g/mol. The average molecular weight is 439 g/mol. The highest BCUT2D eigenvalue weighted by molar-refractivity contribution is 5.86. The Morgan fingerprint density at radius 3 is 2.30 bits per heavy atom. The van der Waals surface area contributed by atoms with Gasteiger partial charge in [0.05, 0.1) is 12.1 Å². The number of piperazine rings is 1. The van der Waals surface area contributed by atoms with Gasteiger partial charge in [-0.05, 0) is 18.2 Å². The highest BCUT2D eigenvalue weighted by Crippen LogP contribution is 2.31. The maximum atomic E-state index is 12.9. The number of carbonyl (C=O) groups is 1. The molecule has 2 rings (SSSR count). The number of guanidine groups is 1. The maximum Gasteiger partial charge on any atom is 0.416 e. The van der Waals surface area contributed by atoms with E-state index in [9.17, 15) is 31.1 Å². The third-order valence-corrected chi connectivity index (χ3v) is 4.57. The van der Waals surface area contributed by atoms with Crippen LogP contribution in [0.5, 0.6) is 0 Å². The number of nitrogens with one attached hydrogen (secondary N) is 1. The number of carbonyl (C=O) groups excluding carboxylic acids is 1.